The molecule has 0 amide bonds. The van der Waals surface area contributed by atoms with Crippen molar-refractivity contribution in [2.24, 2.45) is 0 Å². The molecule has 0 bridgehead atoms. The SMILES string of the molecule is CCC(C)Oc1cccc(Nc2ccc(C#N)c(N)c2)c1. The van der Waals surface area contributed by atoms with Gasteiger partial charge in [0.1, 0.15) is 11.8 Å². The van der Waals surface area contributed by atoms with E-state index in [2.05, 4.69) is 18.3 Å². The minimum Gasteiger partial charge on any atom is -0.491 e. The number of anilines is 3. The van der Waals surface area contributed by atoms with E-state index in [0.29, 0.717) is 11.3 Å². The van der Waals surface area contributed by atoms with Gasteiger partial charge < -0.3 is 15.8 Å². The summed E-state index contributed by atoms with van der Waals surface area (Å²) >= 11 is 0. The molecule has 21 heavy (non-hydrogen) atoms. The average molecular weight is 281 g/mol. The van der Waals surface area contributed by atoms with Crippen molar-refractivity contribution >= 4 is 17.1 Å². The van der Waals surface area contributed by atoms with E-state index in [1.165, 1.54) is 0 Å². The number of nitriles is 1. The highest BCUT2D eigenvalue weighted by molar-refractivity contribution is 5.68. The molecule has 2 rings (SSSR count). The van der Waals surface area contributed by atoms with Gasteiger partial charge in [0.05, 0.1) is 17.4 Å². The van der Waals surface area contributed by atoms with Crippen molar-refractivity contribution < 1.29 is 4.74 Å². The van der Waals surface area contributed by atoms with Crippen LogP contribution in [0.25, 0.3) is 0 Å². The fourth-order valence-electron chi connectivity index (χ4n) is 1.87. The maximum atomic E-state index is 8.88. The Bertz CT molecular complexity index is 661. The number of hydrogen-bond donors (Lipinski definition) is 2. The zero-order chi connectivity index (χ0) is 15.2. The van der Waals surface area contributed by atoms with Crippen LogP contribution in [0.5, 0.6) is 5.75 Å². The van der Waals surface area contributed by atoms with Crippen LogP contribution >= 0.6 is 0 Å². The lowest BCUT2D eigenvalue weighted by Gasteiger charge is -2.14. The third-order valence-electron chi connectivity index (χ3n) is 3.21. The van der Waals surface area contributed by atoms with E-state index in [1.807, 2.05) is 37.3 Å². The molecule has 3 N–H and O–H groups in total. The summed E-state index contributed by atoms with van der Waals surface area (Å²) in [6.07, 6.45) is 1.15. The van der Waals surface area contributed by atoms with Crippen LogP contribution < -0.4 is 15.8 Å². The van der Waals surface area contributed by atoms with E-state index in [0.717, 1.165) is 23.5 Å². The normalized spacial score (nSPS) is 11.5. The Hall–Kier alpha value is -2.67. The van der Waals surface area contributed by atoms with Gasteiger partial charge in [-0.1, -0.05) is 13.0 Å². The first-order valence-corrected chi connectivity index (χ1v) is 6.95. The first-order valence-electron chi connectivity index (χ1n) is 6.95. The fourth-order valence-corrected chi connectivity index (χ4v) is 1.87. The average Bonchev–Trinajstić information content (AvgIpc) is 2.47. The van der Waals surface area contributed by atoms with Crippen LogP contribution in [-0.4, -0.2) is 6.10 Å². The van der Waals surface area contributed by atoms with Crippen LogP contribution in [0, 0.1) is 11.3 Å². The Kier molecular flexibility index (Phi) is 4.68. The van der Waals surface area contributed by atoms with Gasteiger partial charge in [0.2, 0.25) is 0 Å². The van der Waals surface area contributed by atoms with Gasteiger partial charge in [-0.15, -0.1) is 0 Å². The van der Waals surface area contributed by atoms with Crippen molar-refractivity contribution in [2.75, 3.05) is 11.1 Å². The van der Waals surface area contributed by atoms with Crippen molar-refractivity contribution in [2.45, 2.75) is 26.4 Å². The highest BCUT2D eigenvalue weighted by Gasteiger charge is 2.04. The van der Waals surface area contributed by atoms with E-state index in [1.54, 1.807) is 12.1 Å². The number of nitrogens with zero attached hydrogens (tertiary/aromatic N) is 1. The van der Waals surface area contributed by atoms with Gasteiger partial charge in [-0.3, -0.25) is 0 Å². The summed E-state index contributed by atoms with van der Waals surface area (Å²) in [5.41, 5.74) is 8.52. The minimum absolute atomic E-state index is 0.186. The summed E-state index contributed by atoms with van der Waals surface area (Å²) in [7, 11) is 0. The van der Waals surface area contributed by atoms with Crippen LogP contribution in [0.15, 0.2) is 42.5 Å². The predicted octanol–water partition coefficient (Wildman–Crippen LogP) is 4.06. The largest absolute Gasteiger partial charge is 0.491 e. The van der Waals surface area contributed by atoms with Gasteiger partial charge >= 0.3 is 0 Å². The molecular formula is C17H19N3O. The van der Waals surface area contributed by atoms with Crippen molar-refractivity contribution in [3.8, 4) is 11.8 Å². The summed E-state index contributed by atoms with van der Waals surface area (Å²) in [6, 6.07) is 15.1. The molecule has 0 aliphatic rings. The van der Waals surface area contributed by atoms with Gasteiger partial charge in [-0.25, -0.2) is 0 Å². The second-order valence-corrected chi connectivity index (χ2v) is 4.90. The molecule has 0 radical (unpaired) electrons. The van der Waals surface area contributed by atoms with Crippen molar-refractivity contribution in [1.82, 2.24) is 0 Å². The Morgan fingerprint density at radius 2 is 2.00 bits per heavy atom. The van der Waals surface area contributed by atoms with Crippen LogP contribution in [0.2, 0.25) is 0 Å². The summed E-state index contributed by atoms with van der Waals surface area (Å²) in [4.78, 5) is 0. The molecule has 0 saturated heterocycles. The maximum Gasteiger partial charge on any atom is 0.121 e. The molecule has 4 nitrogen and oxygen atoms in total. The predicted molar refractivity (Wildman–Crippen MR) is 85.7 cm³/mol. The number of hydrogen-bond acceptors (Lipinski definition) is 4. The first-order chi connectivity index (χ1) is 10.1. The molecular weight excluding hydrogens is 262 g/mol. The quantitative estimate of drug-likeness (QED) is 0.811. The maximum absolute atomic E-state index is 8.88. The summed E-state index contributed by atoms with van der Waals surface area (Å²) in [6.45, 7) is 4.13. The van der Waals surface area contributed by atoms with Gasteiger partial charge in [0, 0.05) is 17.4 Å². The second-order valence-electron chi connectivity index (χ2n) is 4.90. The fraction of sp³-hybridized carbons (Fsp3) is 0.235. The zero-order valence-electron chi connectivity index (χ0n) is 12.3. The van der Waals surface area contributed by atoms with E-state index >= 15 is 0 Å². The van der Waals surface area contributed by atoms with Crippen LogP contribution in [-0.2, 0) is 0 Å². The van der Waals surface area contributed by atoms with Gasteiger partial charge in [0.25, 0.3) is 0 Å². The van der Waals surface area contributed by atoms with Gasteiger partial charge in [-0.2, -0.15) is 5.26 Å². The Morgan fingerprint density at radius 3 is 2.67 bits per heavy atom. The van der Waals surface area contributed by atoms with E-state index in [-0.39, 0.29) is 6.10 Å². The molecule has 2 aromatic carbocycles. The molecule has 0 fully saturated rings. The molecule has 0 spiro atoms. The third kappa shape index (κ3) is 3.90. The number of ether oxygens (including phenoxy) is 1. The number of nitrogen functional groups attached to an aromatic ring is 1. The molecule has 108 valence electrons. The van der Waals surface area contributed by atoms with E-state index < -0.39 is 0 Å². The molecule has 0 heterocycles. The molecule has 0 aromatic heterocycles. The van der Waals surface area contributed by atoms with Crippen molar-refractivity contribution in [1.29, 1.82) is 5.26 Å². The van der Waals surface area contributed by atoms with Crippen molar-refractivity contribution in [3.05, 3.63) is 48.0 Å². The standard InChI is InChI=1S/C17H19N3O/c1-3-12(2)21-16-6-4-5-14(9-16)20-15-8-7-13(11-18)17(19)10-15/h4-10,12,20H,3,19H2,1-2H3. The van der Waals surface area contributed by atoms with E-state index in [4.69, 9.17) is 15.7 Å². The highest BCUT2D eigenvalue weighted by Crippen LogP contribution is 2.24. The van der Waals surface area contributed by atoms with E-state index in [9.17, 15) is 0 Å². The molecule has 1 atom stereocenters. The number of nitrogens with two attached hydrogens (primary N) is 1. The molecule has 2 aromatic rings. The molecule has 1 unspecified atom stereocenters. The topological polar surface area (TPSA) is 71.1 Å². The van der Waals surface area contributed by atoms with Crippen LogP contribution in [0.1, 0.15) is 25.8 Å². The molecule has 0 saturated carbocycles. The second kappa shape index (κ2) is 6.67. The molecule has 0 aliphatic heterocycles. The van der Waals surface area contributed by atoms with Gasteiger partial charge in [-0.05, 0) is 43.7 Å². The van der Waals surface area contributed by atoms with Gasteiger partial charge in [0.15, 0.2) is 0 Å². The van der Waals surface area contributed by atoms with Crippen molar-refractivity contribution in [3.63, 3.8) is 0 Å². The summed E-state index contributed by atoms with van der Waals surface area (Å²) in [5.74, 6) is 0.830. The Labute approximate surface area is 125 Å². The summed E-state index contributed by atoms with van der Waals surface area (Å²) < 4.78 is 5.79. The summed E-state index contributed by atoms with van der Waals surface area (Å²) in [5, 5.41) is 12.1. The smallest absolute Gasteiger partial charge is 0.121 e. The first kappa shape index (κ1) is 14.7. The van der Waals surface area contributed by atoms with Crippen LogP contribution in [0.4, 0.5) is 17.1 Å². The number of benzene rings is 2. The Balaban J connectivity index is 2.14. The number of nitrogens with one attached hydrogen (secondary N) is 1. The zero-order valence-corrected chi connectivity index (χ0v) is 12.3. The lowest BCUT2D eigenvalue weighted by Crippen LogP contribution is -2.09. The molecule has 4 heteroatoms. The van der Waals surface area contributed by atoms with Crippen LogP contribution in [0.3, 0.4) is 0 Å². The minimum atomic E-state index is 0.186. The third-order valence-corrected chi connectivity index (χ3v) is 3.21. The molecule has 0 aliphatic carbocycles. The monoisotopic (exact) mass is 281 g/mol. The highest BCUT2D eigenvalue weighted by atomic mass is 16.5. The lowest BCUT2D eigenvalue weighted by atomic mass is 10.1. The number of rotatable bonds is 5. The lowest BCUT2D eigenvalue weighted by molar-refractivity contribution is 0.217. The Morgan fingerprint density at radius 1 is 1.24 bits per heavy atom.